The highest BCUT2D eigenvalue weighted by Gasteiger charge is 2.54. The van der Waals surface area contributed by atoms with Crippen LogP contribution in [-0.4, -0.2) is 18.4 Å². The fourth-order valence-corrected chi connectivity index (χ4v) is 6.25. The maximum atomic E-state index is 12.9. The Balaban J connectivity index is 1.26. The van der Waals surface area contributed by atoms with Crippen molar-refractivity contribution in [2.24, 2.45) is 23.2 Å². The number of rotatable bonds is 6. The summed E-state index contributed by atoms with van der Waals surface area (Å²) in [6.45, 7) is 1.91. The summed E-state index contributed by atoms with van der Waals surface area (Å²) in [6.07, 6.45) is 2.42. The molecular weight excluding hydrogens is 393 g/mol. The molecule has 1 unspecified atom stereocenters. The van der Waals surface area contributed by atoms with Gasteiger partial charge >= 0.3 is 6.18 Å². The van der Waals surface area contributed by atoms with Gasteiger partial charge in [0.2, 0.25) is 11.8 Å². The monoisotopic (exact) mass is 422 g/mol. The SMILES string of the molecule is CC(NC(=O)CCNC(=O)C12CC3CC(CC(C3)C1)C2)c1cccc(C(F)(F)F)c1. The molecule has 4 fully saturated rings. The minimum Gasteiger partial charge on any atom is -0.355 e. The lowest BCUT2D eigenvalue weighted by atomic mass is 9.49. The first-order valence-electron chi connectivity index (χ1n) is 10.9. The standard InChI is InChI=1S/C23H29F3N2O2/c1-14(18-3-2-4-19(10-18)23(24,25)26)28-20(29)5-6-27-21(30)22-11-15-7-16(12-22)9-17(8-15)13-22/h2-4,10,14-17H,5-9,11-13H2,1H3,(H,27,30)(H,28,29). The van der Waals surface area contributed by atoms with E-state index in [4.69, 9.17) is 0 Å². The van der Waals surface area contributed by atoms with Gasteiger partial charge < -0.3 is 10.6 Å². The average Bonchev–Trinajstić information content (AvgIpc) is 2.66. The molecule has 4 nitrogen and oxygen atoms in total. The van der Waals surface area contributed by atoms with E-state index in [1.807, 2.05) is 0 Å². The molecule has 2 amide bonds. The van der Waals surface area contributed by atoms with Crippen LogP contribution in [0, 0.1) is 23.2 Å². The molecule has 0 saturated heterocycles. The minimum atomic E-state index is -4.42. The minimum absolute atomic E-state index is 0.0836. The van der Waals surface area contributed by atoms with Crippen LogP contribution in [0.5, 0.6) is 0 Å². The highest BCUT2D eigenvalue weighted by Crippen LogP contribution is 2.60. The Hall–Kier alpha value is -2.05. The Labute approximate surface area is 175 Å². The summed E-state index contributed by atoms with van der Waals surface area (Å²) in [7, 11) is 0. The van der Waals surface area contributed by atoms with Crippen LogP contribution in [-0.2, 0) is 15.8 Å². The van der Waals surface area contributed by atoms with Crippen molar-refractivity contribution < 1.29 is 22.8 Å². The predicted octanol–water partition coefficient (Wildman–Crippen LogP) is 4.61. The topological polar surface area (TPSA) is 58.2 Å². The van der Waals surface area contributed by atoms with Crippen LogP contribution in [0.3, 0.4) is 0 Å². The van der Waals surface area contributed by atoms with Crippen molar-refractivity contribution >= 4 is 11.8 Å². The number of carbonyl (C=O) groups is 2. The van der Waals surface area contributed by atoms with Crippen molar-refractivity contribution in [3.05, 3.63) is 35.4 Å². The molecule has 164 valence electrons. The molecule has 0 heterocycles. The quantitative estimate of drug-likeness (QED) is 0.704. The highest BCUT2D eigenvalue weighted by molar-refractivity contribution is 5.84. The Morgan fingerprint density at radius 3 is 2.27 bits per heavy atom. The van der Waals surface area contributed by atoms with E-state index in [9.17, 15) is 22.8 Å². The lowest BCUT2D eigenvalue weighted by molar-refractivity contribution is -0.146. The summed E-state index contributed by atoms with van der Waals surface area (Å²) < 4.78 is 38.6. The number of amides is 2. The van der Waals surface area contributed by atoms with Crippen molar-refractivity contribution in [3.63, 3.8) is 0 Å². The van der Waals surface area contributed by atoms with Crippen LogP contribution in [0.15, 0.2) is 24.3 Å². The zero-order valence-corrected chi connectivity index (χ0v) is 17.2. The van der Waals surface area contributed by atoms with Crippen LogP contribution < -0.4 is 10.6 Å². The first-order valence-corrected chi connectivity index (χ1v) is 10.9. The maximum absolute atomic E-state index is 12.9. The third kappa shape index (κ3) is 4.35. The summed E-state index contributed by atoms with van der Waals surface area (Å²) in [6, 6.07) is 4.43. The van der Waals surface area contributed by atoms with Gasteiger partial charge in [0, 0.05) is 18.4 Å². The molecule has 0 radical (unpaired) electrons. The molecule has 0 spiro atoms. The van der Waals surface area contributed by atoms with Gasteiger partial charge in [-0.25, -0.2) is 0 Å². The number of carbonyl (C=O) groups excluding carboxylic acids is 2. The molecule has 1 aromatic rings. The largest absolute Gasteiger partial charge is 0.416 e. The van der Waals surface area contributed by atoms with Crippen LogP contribution in [0.2, 0.25) is 0 Å². The second-order valence-electron chi connectivity index (χ2n) is 9.62. The highest BCUT2D eigenvalue weighted by atomic mass is 19.4. The van der Waals surface area contributed by atoms with Gasteiger partial charge in [-0.05, 0) is 80.9 Å². The van der Waals surface area contributed by atoms with Gasteiger partial charge in [0.25, 0.3) is 0 Å². The zero-order valence-electron chi connectivity index (χ0n) is 17.2. The van der Waals surface area contributed by atoms with Gasteiger partial charge in [-0.1, -0.05) is 12.1 Å². The number of alkyl halides is 3. The molecule has 7 heteroatoms. The smallest absolute Gasteiger partial charge is 0.355 e. The fourth-order valence-electron chi connectivity index (χ4n) is 6.25. The second-order valence-corrected chi connectivity index (χ2v) is 9.62. The van der Waals surface area contributed by atoms with Crippen LogP contribution in [0.1, 0.15) is 69.0 Å². The van der Waals surface area contributed by atoms with E-state index in [0.29, 0.717) is 23.3 Å². The molecule has 5 rings (SSSR count). The Kier molecular flexibility index (Phi) is 5.58. The molecule has 4 aliphatic rings. The van der Waals surface area contributed by atoms with Crippen molar-refractivity contribution in [1.29, 1.82) is 0 Å². The van der Waals surface area contributed by atoms with Gasteiger partial charge in [-0.15, -0.1) is 0 Å². The van der Waals surface area contributed by atoms with Crippen LogP contribution >= 0.6 is 0 Å². The Morgan fingerprint density at radius 1 is 1.10 bits per heavy atom. The first-order chi connectivity index (χ1) is 14.1. The van der Waals surface area contributed by atoms with Crippen molar-refractivity contribution in [2.75, 3.05) is 6.54 Å². The summed E-state index contributed by atoms with van der Waals surface area (Å²) in [5, 5.41) is 5.69. The summed E-state index contributed by atoms with van der Waals surface area (Å²) in [4.78, 5) is 25.2. The zero-order chi connectivity index (χ0) is 21.5. The van der Waals surface area contributed by atoms with E-state index >= 15 is 0 Å². The van der Waals surface area contributed by atoms with Gasteiger partial charge in [0.1, 0.15) is 0 Å². The van der Waals surface area contributed by atoms with Crippen molar-refractivity contribution in [1.82, 2.24) is 10.6 Å². The van der Waals surface area contributed by atoms with Gasteiger partial charge in [-0.2, -0.15) is 13.2 Å². The molecule has 1 aromatic carbocycles. The molecule has 2 N–H and O–H groups in total. The third-order valence-electron chi connectivity index (χ3n) is 7.25. The van der Waals surface area contributed by atoms with Crippen molar-refractivity contribution in [2.45, 2.75) is 64.1 Å². The lowest BCUT2D eigenvalue weighted by Gasteiger charge is -2.55. The van der Waals surface area contributed by atoms with E-state index in [2.05, 4.69) is 10.6 Å². The Bertz CT molecular complexity index is 786. The fraction of sp³-hybridized carbons (Fsp3) is 0.652. The first kappa shape index (κ1) is 21.2. The average molecular weight is 422 g/mol. The second kappa shape index (κ2) is 7.89. The molecule has 4 saturated carbocycles. The van der Waals surface area contributed by atoms with E-state index in [1.165, 1.54) is 25.3 Å². The number of benzene rings is 1. The predicted molar refractivity (Wildman–Crippen MR) is 106 cm³/mol. The number of hydrogen-bond donors (Lipinski definition) is 2. The van der Waals surface area contributed by atoms with E-state index in [-0.39, 0.29) is 30.2 Å². The molecule has 4 aliphatic carbocycles. The molecule has 4 bridgehead atoms. The molecular formula is C23H29F3N2O2. The maximum Gasteiger partial charge on any atom is 0.416 e. The lowest BCUT2D eigenvalue weighted by Crippen LogP contribution is -2.53. The molecule has 1 atom stereocenters. The van der Waals surface area contributed by atoms with E-state index in [0.717, 1.165) is 31.4 Å². The molecule has 0 aromatic heterocycles. The number of halogens is 3. The summed E-state index contributed by atoms with van der Waals surface area (Å²) in [5.41, 5.74) is -0.573. The van der Waals surface area contributed by atoms with Crippen LogP contribution in [0.4, 0.5) is 13.2 Å². The third-order valence-corrected chi connectivity index (χ3v) is 7.25. The van der Waals surface area contributed by atoms with Crippen molar-refractivity contribution in [3.8, 4) is 0 Å². The normalized spacial score (nSPS) is 30.7. The summed E-state index contributed by atoms with van der Waals surface area (Å²) >= 11 is 0. The van der Waals surface area contributed by atoms with Crippen LogP contribution in [0.25, 0.3) is 0 Å². The van der Waals surface area contributed by atoms with Gasteiger partial charge in [0.15, 0.2) is 0 Å². The van der Waals surface area contributed by atoms with Gasteiger partial charge in [-0.3, -0.25) is 9.59 Å². The Morgan fingerprint density at radius 2 is 1.70 bits per heavy atom. The van der Waals surface area contributed by atoms with Gasteiger partial charge in [0.05, 0.1) is 11.6 Å². The summed E-state index contributed by atoms with van der Waals surface area (Å²) in [5.74, 6) is 1.84. The molecule has 0 aliphatic heterocycles. The number of nitrogens with one attached hydrogen (secondary N) is 2. The number of hydrogen-bond acceptors (Lipinski definition) is 2. The molecule has 30 heavy (non-hydrogen) atoms. The van der Waals surface area contributed by atoms with E-state index in [1.54, 1.807) is 13.0 Å². The van der Waals surface area contributed by atoms with E-state index < -0.39 is 17.8 Å².